The lowest BCUT2D eigenvalue weighted by molar-refractivity contribution is -0.127. The van der Waals surface area contributed by atoms with Crippen molar-refractivity contribution in [2.24, 2.45) is 0 Å². The zero-order valence-electron chi connectivity index (χ0n) is 16.8. The molecule has 7 nitrogen and oxygen atoms in total. The predicted molar refractivity (Wildman–Crippen MR) is 112 cm³/mol. The van der Waals surface area contributed by atoms with Gasteiger partial charge in [0, 0.05) is 0 Å². The highest BCUT2D eigenvalue weighted by Crippen LogP contribution is 2.35. The van der Waals surface area contributed by atoms with E-state index in [1.54, 1.807) is 31.2 Å². The number of hydrogen-bond donors (Lipinski definition) is 1. The molecule has 1 amide bonds. The zero-order valence-corrected chi connectivity index (χ0v) is 17.7. The van der Waals surface area contributed by atoms with Crippen molar-refractivity contribution >= 4 is 21.6 Å². The van der Waals surface area contributed by atoms with Crippen LogP contribution in [-0.2, 0) is 14.8 Å². The molecule has 1 aliphatic rings. The molecule has 0 saturated carbocycles. The second-order valence-electron chi connectivity index (χ2n) is 6.84. The van der Waals surface area contributed by atoms with E-state index in [0.717, 1.165) is 16.9 Å². The van der Waals surface area contributed by atoms with E-state index < -0.39 is 16.1 Å². The first kappa shape index (κ1) is 21.0. The minimum Gasteiger partial charge on any atom is -0.491 e. The number of carbonyl (C=O) groups excluding carboxylic acids is 1. The second-order valence-corrected chi connectivity index (χ2v) is 9.03. The summed E-state index contributed by atoms with van der Waals surface area (Å²) in [6, 6.07) is 12.6. The molecule has 3 rings (SSSR count). The summed E-state index contributed by atoms with van der Waals surface area (Å²) >= 11 is 0. The first-order valence-corrected chi connectivity index (χ1v) is 11.2. The number of anilines is 1. The van der Waals surface area contributed by atoms with Gasteiger partial charge in [0.05, 0.1) is 24.5 Å². The average Bonchev–Trinajstić information content (AvgIpc) is 2.73. The molecule has 0 radical (unpaired) electrons. The number of carbonyl (C=O) groups is 1. The van der Waals surface area contributed by atoms with Gasteiger partial charge in [0.2, 0.25) is 10.0 Å². The molecule has 156 valence electrons. The second kappa shape index (κ2) is 8.73. The molecule has 0 spiro atoms. The van der Waals surface area contributed by atoms with Gasteiger partial charge in [-0.3, -0.25) is 9.10 Å². The van der Waals surface area contributed by atoms with Gasteiger partial charge in [-0.25, -0.2) is 8.42 Å². The molecule has 0 bridgehead atoms. The molecule has 29 heavy (non-hydrogen) atoms. The molecule has 2 aromatic carbocycles. The van der Waals surface area contributed by atoms with Gasteiger partial charge in [-0.15, -0.1) is 0 Å². The third-order valence-electron chi connectivity index (χ3n) is 4.94. The van der Waals surface area contributed by atoms with Crippen LogP contribution in [0.1, 0.15) is 18.1 Å². The van der Waals surface area contributed by atoms with Gasteiger partial charge in [0.25, 0.3) is 5.91 Å². The Morgan fingerprint density at radius 2 is 1.97 bits per heavy atom. The highest BCUT2D eigenvalue weighted by molar-refractivity contribution is 7.92. The number of sulfonamides is 1. The first-order chi connectivity index (χ1) is 13.8. The highest BCUT2D eigenvalue weighted by Gasteiger charge is 2.35. The maximum Gasteiger partial charge on any atom is 0.263 e. The number of hydrogen-bond acceptors (Lipinski definition) is 5. The summed E-state index contributed by atoms with van der Waals surface area (Å²) in [5, 5.41) is 2.77. The van der Waals surface area contributed by atoms with Crippen molar-refractivity contribution in [1.82, 2.24) is 5.32 Å². The summed E-state index contributed by atoms with van der Waals surface area (Å²) in [4.78, 5) is 12.6. The Morgan fingerprint density at radius 3 is 2.72 bits per heavy atom. The number of benzene rings is 2. The Morgan fingerprint density at radius 1 is 1.21 bits per heavy atom. The number of amides is 1. The van der Waals surface area contributed by atoms with Crippen molar-refractivity contribution in [3.05, 3.63) is 53.6 Å². The smallest absolute Gasteiger partial charge is 0.263 e. The Bertz CT molecular complexity index is 990. The third-order valence-corrected chi connectivity index (χ3v) is 6.69. The van der Waals surface area contributed by atoms with E-state index in [4.69, 9.17) is 9.47 Å². The van der Waals surface area contributed by atoms with Crippen LogP contribution in [0.2, 0.25) is 0 Å². The van der Waals surface area contributed by atoms with Crippen LogP contribution in [-0.4, -0.2) is 45.9 Å². The van der Waals surface area contributed by atoms with E-state index in [1.807, 2.05) is 32.0 Å². The molecule has 0 saturated heterocycles. The van der Waals surface area contributed by atoms with Crippen LogP contribution in [0.5, 0.6) is 11.5 Å². The number of fused-ring (bicyclic) bond motifs is 1. The van der Waals surface area contributed by atoms with Crippen LogP contribution >= 0.6 is 0 Å². The van der Waals surface area contributed by atoms with Crippen LogP contribution in [0.4, 0.5) is 5.69 Å². The van der Waals surface area contributed by atoms with Gasteiger partial charge < -0.3 is 14.8 Å². The lowest BCUT2D eigenvalue weighted by Gasteiger charge is -2.34. The number of ether oxygens (including phenoxy) is 2. The largest absolute Gasteiger partial charge is 0.491 e. The van der Waals surface area contributed by atoms with E-state index >= 15 is 0 Å². The fraction of sp³-hybridized carbons (Fsp3) is 0.381. The summed E-state index contributed by atoms with van der Waals surface area (Å²) in [5.74, 6) is 0.726. The summed E-state index contributed by atoms with van der Waals surface area (Å²) in [7, 11) is -3.52. The number of nitrogens with one attached hydrogen (secondary N) is 1. The standard InChI is InChI=1S/C21H26N2O5S/c1-4-29(25,26)23-14-20(28-19-10-6-5-9-17(19)23)21(24)22-12-13-27-18-11-7-8-15(2)16(18)3/h5-11,20H,4,12-14H2,1-3H3,(H,22,24)/t20-/m0/s1. The lowest BCUT2D eigenvalue weighted by Crippen LogP contribution is -2.51. The quantitative estimate of drug-likeness (QED) is 0.698. The predicted octanol–water partition coefficient (Wildman–Crippen LogP) is 2.42. The fourth-order valence-electron chi connectivity index (χ4n) is 3.09. The summed E-state index contributed by atoms with van der Waals surface area (Å²) in [6.45, 7) is 6.10. The minimum atomic E-state index is -3.52. The van der Waals surface area contributed by atoms with Gasteiger partial charge in [0.1, 0.15) is 18.1 Å². The van der Waals surface area contributed by atoms with Crippen LogP contribution in [0.15, 0.2) is 42.5 Å². The summed E-state index contributed by atoms with van der Waals surface area (Å²) in [5.41, 5.74) is 2.65. The van der Waals surface area contributed by atoms with Crippen LogP contribution in [0.25, 0.3) is 0 Å². The topological polar surface area (TPSA) is 84.9 Å². The molecular formula is C21H26N2O5S. The zero-order chi connectivity index (χ0) is 21.0. The highest BCUT2D eigenvalue weighted by atomic mass is 32.2. The van der Waals surface area contributed by atoms with Crippen molar-refractivity contribution in [2.45, 2.75) is 26.9 Å². The molecular weight excluding hydrogens is 392 g/mol. The lowest BCUT2D eigenvalue weighted by atomic mass is 10.1. The summed E-state index contributed by atoms with van der Waals surface area (Å²) in [6.07, 6.45) is -0.924. The normalized spacial score (nSPS) is 16.0. The van der Waals surface area contributed by atoms with Gasteiger partial charge in [0.15, 0.2) is 6.10 Å². The third kappa shape index (κ3) is 4.64. The van der Waals surface area contributed by atoms with Crippen molar-refractivity contribution in [3.63, 3.8) is 0 Å². The van der Waals surface area contributed by atoms with Gasteiger partial charge in [-0.2, -0.15) is 0 Å². The van der Waals surface area contributed by atoms with Crippen molar-refractivity contribution in [3.8, 4) is 11.5 Å². The van der Waals surface area contributed by atoms with Crippen molar-refractivity contribution in [1.29, 1.82) is 0 Å². The van der Waals surface area contributed by atoms with E-state index in [-0.39, 0.29) is 24.7 Å². The number of rotatable bonds is 7. The van der Waals surface area contributed by atoms with E-state index in [0.29, 0.717) is 18.0 Å². The number of para-hydroxylation sites is 2. The molecule has 1 aliphatic heterocycles. The van der Waals surface area contributed by atoms with Crippen molar-refractivity contribution < 1.29 is 22.7 Å². The molecule has 1 N–H and O–H groups in total. The van der Waals surface area contributed by atoms with E-state index in [1.165, 1.54) is 4.31 Å². The summed E-state index contributed by atoms with van der Waals surface area (Å²) < 4.78 is 37.7. The van der Waals surface area contributed by atoms with Crippen LogP contribution < -0.4 is 19.1 Å². The van der Waals surface area contributed by atoms with Crippen molar-refractivity contribution in [2.75, 3.05) is 29.8 Å². The Labute approximate surface area is 171 Å². The molecule has 0 fully saturated rings. The minimum absolute atomic E-state index is 0.0562. The Balaban J connectivity index is 1.62. The van der Waals surface area contributed by atoms with Gasteiger partial charge in [-0.1, -0.05) is 24.3 Å². The van der Waals surface area contributed by atoms with Gasteiger partial charge in [-0.05, 0) is 50.1 Å². The average molecular weight is 419 g/mol. The SMILES string of the molecule is CCS(=O)(=O)N1C[C@@H](C(=O)NCCOc2cccc(C)c2C)Oc2ccccc21. The monoisotopic (exact) mass is 418 g/mol. The molecule has 1 atom stereocenters. The van der Waals surface area contributed by atoms with Crippen LogP contribution in [0, 0.1) is 13.8 Å². The van der Waals surface area contributed by atoms with E-state index in [2.05, 4.69) is 5.32 Å². The molecule has 8 heteroatoms. The maximum absolute atomic E-state index is 12.6. The Kier molecular flexibility index (Phi) is 6.32. The van der Waals surface area contributed by atoms with Gasteiger partial charge >= 0.3 is 0 Å². The Hall–Kier alpha value is -2.74. The number of aryl methyl sites for hydroxylation is 1. The first-order valence-electron chi connectivity index (χ1n) is 9.56. The molecule has 0 aliphatic carbocycles. The molecule has 0 aromatic heterocycles. The molecule has 2 aromatic rings. The molecule has 1 heterocycles. The number of nitrogens with zero attached hydrogens (tertiary/aromatic N) is 1. The molecule has 0 unspecified atom stereocenters. The van der Waals surface area contributed by atoms with Crippen LogP contribution in [0.3, 0.4) is 0 Å². The fourth-order valence-corrected chi connectivity index (χ4v) is 4.21. The maximum atomic E-state index is 12.6. The van der Waals surface area contributed by atoms with E-state index in [9.17, 15) is 13.2 Å².